The summed E-state index contributed by atoms with van der Waals surface area (Å²) in [6.45, 7) is 4.25. The van der Waals surface area contributed by atoms with Gasteiger partial charge in [0.1, 0.15) is 11.5 Å². The number of nitrogens with zero attached hydrogens (tertiary/aromatic N) is 2. The van der Waals surface area contributed by atoms with E-state index in [9.17, 15) is 14.7 Å². The number of ketones is 1. The van der Waals surface area contributed by atoms with Gasteiger partial charge in [-0.15, -0.1) is 0 Å². The summed E-state index contributed by atoms with van der Waals surface area (Å²) in [5.41, 5.74) is 2.59. The van der Waals surface area contributed by atoms with E-state index in [2.05, 4.69) is 4.98 Å². The van der Waals surface area contributed by atoms with Gasteiger partial charge in [0, 0.05) is 23.6 Å². The maximum atomic E-state index is 13.2. The zero-order valence-corrected chi connectivity index (χ0v) is 17.3. The fourth-order valence-corrected chi connectivity index (χ4v) is 3.84. The van der Waals surface area contributed by atoms with Crippen molar-refractivity contribution in [1.29, 1.82) is 0 Å². The standard InChI is InChI=1S/C25H22N2O4/c1-3-31-19-9-6-8-18(15-19)22-21(23(28)17-11-13-26-14-12-17)24(29)25(30)27(22)20-10-5-4-7-16(20)2/h4-15,22,28H,3H2,1-2H3/b23-21-. The van der Waals surface area contributed by atoms with Crippen LogP contribution in [0.3, 0.4) is 0 Å². The molecule has 1 saturated heterocycles. The highest BCUT2D eigenvalue weighted by atomic mass is 16.5. The molecule has 0 saturated carbocycles. The van der Waals surface area contributed by atoms with Gasteiger partial charge in [0.2, 0.25) is 0 Å². The molecule has 1 N–H and O–H groups in total. The number of carbonyl (C=O) groups is 2. The third-order valence-electron chi connectivity index (χ3n) is 5.26. The number of aromatic nitrogens is 1. The highest BCUT2D eigenvalue weighted by molar-refractivity contribution is 6.51. The van der Waals surface area contributed by atoms with E-state index in [0.717, 1.165) is 5.56 Å². The molecule has 0 aliphatic carbocycles. The monoisotopic (exact) mass is 414 g/mol. The number of anilines is 1. The van der Waals surface area contributed by atoms with Crippen molar-refractivity contribution < 1.29 is 19.4 Å². The first-order valence-corrected chi connectivity index (χ1v) is 10.0. The summed E-state index contributed by atoms with van der Waals surface area (Å²) >= 11 is 0. The average molecular weight is 414 g/mol. The van der Waals surface area contributed by atoms with E-state index >= 15 is 0 Å². The van der Waals surface area contributed by atoms with Crippen molar-refractivity contribution in [2.75, 3.05) is 11.5 Å². The molecule has 0 spiro atoms. The summed E-state index contributed by atoms with van der Waals surface area (Å²) in [4.78, 5) is 31.8. The number of ether oxygens (including phenoxy) is 1. The lowest BCUT2D eigenvalue weighted by molar-refractivity contribution is -0.132. The van der Waals surface area contributed by atoms with Crippen molar-refractivity contribution in [2.45, 2.75) is 19.9 Å². The summed E-state index contributed by atoms with van der Waals surface area (Å²) < 4.78 is 5.63. The molecule has 6 nitrogen and oxygen atoms in total. The average Bonchev–Trinajstić information content (AvgIpc) is 3.05. The Labute approximate surface area is 180 Å². The Morgan fingerprint density at radius 1 is 1.06 bits per heavy atom. The lowest BCUT2D eigenvalue weighted by atomic mass is 9.95. The van der Waals surface area contributed by atoms with Crippen LogP contribution in [-0.4, -0.2) is 28.4 Å². The van der Waals surface area contributed by atoms with Crippen LogP contribution >= 0.6 is 0 Å². The summed E-state index contributed by atoms with van der Waals surface area (Å²) in [6.07, 6.45) is 3.05. The zero-order chi connectivity index (χ0) is 22.0. The lowest BCUT2D eigenvalue weighted by Gasteiger charge is -2.27. The van der Waals surface area contributed by atoms with Crippen molar-refractivity contribution in [3.05, 3.63) is 95.3 Å². The summed E-state index contributed by atoms with van der Waals surface area (Å²) in [6, 6.07) is 17.0. The predicted molar refractivity (Wildman–Crippen MR) is 118 cm³/mol. The van der Waals surface area contributed by atoms with Crippen molar-refractivity contribution in [3.8, 4) is 5.75 Å². The number of amides is 1. The molecule has 1 amide bonds. The van der Waals surface area contributed by atoms with E-state index in [0.29, 0.717) is 29.2 Å². The van der Waals surface area contributed by atoms with E-state index in [-0.39, 0.29) is 11.3 Å². The number of rotatable bonds is 5. The first kappa shape index (κ1) is 20.3. The molecule has 1 aliphatic rings. The van der Waals surface area contributed by atoms with Crippen LogP contribution in [0, 0.1) is 6.92 Å². The predicted octanol–water partition coefficient (Wildman–Crippen LogP) is 4.42. The minimum atomic E-state index is -0.797. The molecule has 1 aromatic heterocycles. The normalized spacial score (nSPS) is 17.7. The van der Waals surface area contributed by atoms with E-state index in [4.69, 9.17) is 4.74 Å². The number of carbonyl (C=O) groups excluding carboxylic acids is 2. The van der Waals surface area contributed by atoms with Crippen LogP contribution in [-0.2, 0) is 9.59 Å². The highest BCUT2D eigenvalue weighted by Crippen LogP contribution is 2.43. The Hall–Kier alpha value is -3.93. The maximum absolute atomic E-state index is 13.2. The fraction of sp³-hybridized carbons (Fsp3) is 0.160. The fourth-order valence-electron chi connectivity index (χ4n) is 3.84. The van der Waals surface area contributed by atoms with Gasteiger partial charge in [-0.1, -0.05) is 30.3 Å². The second-order valence-electron chi connectivity index (χ2n) is 7.20. The van der Waals surface area contributed by atoms with Crippen molar-refractivity contribution >= 4 is 23.1 Å². The molecule has 1 atom stereocenters. The van der Waals surface area contributed by atoms with E-state index in [1.54, 1.807) is 24.3 Å². The van der Waals surface area contributed by atoms with Crippen LogP contribution in [0.25, 0.3) is 5.76 Å². The van der Waals surface area contributed by atoms with Crippen LogP contribution in [0.15, 0.2) is 78.6 Å². The Morgan fingerprint density at radius 3 is 2.52 bits per heavy atom. The topological polar surface area (TPSA) is 79.7 Å². The Balaban J connectivity index is 1.96. The smallest absolute Gasteiger partial charge is 0.300 e. The molecule has 156 valence electrons. The van der Waals surface area contributed by atoms with E-state index in [1.165, 1.54) is 17.3 Å². The Kier molecular flexibility index (Phi) is 5.54. The van der Waals surface area contributed by atoms with Gasteiger partial charge in [-0.2, -0.15) is 0 Å². The van der Waals surface area contributed by atoms with Crippen molar-refractivity contribution in [2.24, 2.45) is 0 Å². The number of aryl methyl sites for hydroxylation is 1. The molecule has 1 fully saturated rings. The Bertz CT molecular complexity index is 1170. The molecular weight excluding hydrogens is 392 g/mol. The zero-order valence-electron chi connectivity index (χ0n) is 17.3. The minimum Gasteiger partial charge on any atom is -0.507 e. The highest BCUT2D eigenvalue weighted by Gasteiger charge is 2.47. The van der Waals surface area contributed by atoms with Gasteiger partial charge < -0.3 is 9.84 Å². The van der Waals surface area contributed by atoms with Gasteiger partial charge in [0.15, 0.2) is 0 Å². The van der Waals surface area contributed by atoms with Gasteiger partial charge in [-0.05, 0) is 55.3 Å². The van der Waals surface area contributed by atoms with Crippen LogP contribution in [0.2, 0.25) is 0 Å². The number of Topliss-reactive ketones (excluding diaryl/α,β-unsaturated/α-hetero) is 1. The number of hydrogen-bond donors (Lipinski definition) is 1. The van der Waals surface area contributed by atoms with Gasteiger partial charge in [-0.3, -0.25) is 19.5 Å². The van der Waals surface area contributed by atoms with Crippen molar-refractivity contribution in [3.63, 3.8) is 0 Å². The van der Waals surface area contributed by atoms with Crippen LogP contribution in [0.1, 0.15) is 29.7 Å². The quantitative estimate of drug-likeness (QED) is 0.380. The molecule has 6 heteroatoms. The molecular formula is C25H22N2O4. The van der Waals surface area contributed by atoms with Gasteiger partial charge in [0.25, 0.3) is 11.7 Å². The summed E-state index contributed by atoms with van der Waals surface area (Å²) in [7, 11) is 0. The molecule has 2 aromatic carbocycles. The second-order valence-corrected chi connectivity index (χ2v) is 7.20. The van der Waals surface area contributed by atoms with E-state index < -0.39 is 17.7 Å². The van der Waals surface area contributed by atoms with Gasteiger partial charge >= 0.3 is 0 Å². The number of aliphatic hydroxyl groups excluding tert-OH is 1. The number of hydrogen-bond acceptors (Lipinski definition) is 5. The van der Waals surface area contributed by atoms with E-state index in [1.807, 2.05) is 50.2 Å². The molecule has 4 rings (SSSR count). The molecule has 2 heterocycles. The first-order valence-electron chi connectivity index (χ1n) is 10.0. The van der Waals surface area contributed by atoms with Crippen LogP contribution in [0.4, 0.5) is 5.69 Å². The minimum absolute atomic E-state index is 0.0353. The summed E-state index contributed by atoms with van der Waals surface area (Å²) in [5.74, 6) is -1.02. The Morgan fingerprint density at radius 2 is 1.81 bits per heavy atom. The maximum Gasteiger partial charge on any atom is 0.300 e. The van der Waals surface area contributed by atoms with Crippen molar-refractivity contribution in [1.82, 2.24) is 4.98 Å². The van der Waals surface area contributed by atoms with Crippen LogP contribution in [0.5, 0.6) is 5.75 Å². The number of pyridine rings is 1. The molecule has 31 heavy (non-hydrogen) atoms. The van der Waals surface area contributed by atoms with Gasteiger partial charge in [-0.25, -0.2) is 0 Å². The molecule has 1 unspecified atom stereocenters. The molecule has 0 radical (unpaired) electrons. The number of benzene rings is 2. The number of para-hydroxylation sites is 1. The molecule has 1 aliphatic heterocycles. The largest absolute Gasteiger partial charge is 0.507 e. The SMILES string of the molecule is CCOc1cccc(C2/C(=C(/O)c3ccncc3)C(=O)C(=O)N2c2ccccc2C)c1. The van der Waals surface area contributed by atoms with Crippen LogP contribution < -0.4 is 9.64 Å². The second kappa shape index (κ2) is 8.44. The molecule has 0 bridgehead atoms. The summed E-state index contributed by atoms with van der Waals surface area (Å²) in [5, 5.41) is 11.1. The lowest BCUT2D eigenvalue weighted by Crippen LogP contribution is -2.30. The first-order chi connectivity index (χ1) is 15.0. The molecule has 3 aromatic rings. The third kappa shape index (κ3) is 3.68. The third-order valence-corrected chi connectivity index (χ3v) is 5.26. The number of aliphatic hydroxyl groups is 1. The van der Waals surface area contributed by atoms with Gasteiger partial charge in [0.05, 0.1) is 18.2 Å².